The van der Waals surface area contributed by atoms with E-state index in [9.17, 15) is 0 Å². The Kier molecular flexibility index (Phi) is 4.98. The number of fused-ring (bicyclic) bond motifs is 11. The van der Waals surface area contributed by atoms with Crippen LogP contribution in [0.4, 0.5) is 5.69 Å². The summed E-state index contributed by atoms with van der Waals surface area (Å²) < 4.78 is 35.6. The molecule has 3 aliphatic rings. The van der Waals surface area contributed by atoms with E-state index in [0.717, 1.165) is 45.5 Å². The Bertz CT molecular complexity index is 2280. The van der Waals surface area contributed by atoms with E-state index in [1.807, 2.05) is 36.8 Å². The fourth-order valence-corrected chi connectivity index (χ4v) is 8.19. The summed E-state index contributed by atoms with van der Waals surface area (Å²) in [5, 5.41) is 2.29. The third-order valence-corrected chi connectivity index (χ3v) is 10.2. The van der Waals surface area contributed by atoms with Crippen molar-refractivity contribution < 1.29 is 13.4 Å². The molecule has 2 aromatic heterocycles. The van der Waals surface area contributed by atoms with Gasteiger partial charge in [0.25, 0.3) is 0 Å². The van der Waals surface area contributed by atoms with Crippen LogP contribution in [0.3, 0.4) is 0 Å². The van der Waals surface area contributed by atoms with Gasteiger partial charge in [0, 0.05) is 40.9 Å². The summed E-state index contributed by atoms with van der Waals surface area (Å²) in [5.41, 5.74) is 6.91. The first-order valence-electron chi connectivity index (χ1n) is 17.3. The van der Waals surface area contributed by atoms with Gasteiger partial charge in [-0.2, -0.15) is 0 Å². The van der Waals surface area contributed by atoms with Crippen molar-refractivity contribution >= 4 is 33.8 Å². The van der Waals surface area contributed by atoms with E-state index < -0.39 is 6.98 Å². The first-order valence-corrected chi connectivity index (χ1v) is 15.8. The number of aromatic nitrogens is 2. The molecule has 4 atom stereocenters. The van der Waals surface area contributed by atoms with E-state index >= 15 is 0 Å². The van der Waals surface area contributed by atoms with Crippen LogP contribution in [0, 0.1) is 0 Å². The number of likely N-dealkylation sites (N-methyl/N-ethyl adjacent to an activating group) is 1. The molecule has 0 radical (unpaired) electrons. The lowest BCUT2D eigenvalue weighted by Crippen LogP contribution is -2.41. The van der Waals surface area contributed by atoms with Gasteiger partial charge >= 0.3 is 0 Å². The smallest absolute Gasteiger partial charge is 0.239 e. The summed E-state index contributed by atoms with van der Waals surface area (Å²) in [6, 6.07) is 35.5. The minimum Gasteiger partial charge on any atom is -0.457 e. The highest BCUT2D eigenvalue weighted by Crippen LogP contribution is 2.57. The van der Waals surface area contributed by atoms with Gasteiger partial charge in [-0.15, -0.1) is 0 Å². The number of benzene rings is 4. The van der Waals surface area contributed by atoms with Crippen LogP contribution in [0.15, 0.2) is 109 Å². The molecule has 6 aromatic rings. The van der Waals surface area contributed by atoms with E-state index in [-0.39, 0.29) is 29.3 Å². The van der Waals surface area contributed by atoms with Gasteiger partial charge in [-0.1, -0.05) is 69.3 Å². The Balaban J connectivity index is 1.10. The van der Waals surface area contributed by atoms with Crippen LogP contribution in [0.2, 0.25) is 0 Å². The van der Waals surface area contributed by atoms with Crippen LogP contribution in [0.1, 0.15) is 59.8 Å². The van der Waals surface area contributed by atoms with Crippen LogP contribution in [-0.4, -0.2) is 39.5 Å². The average molecular weight is 593 g/mol. The lowest BCUT2D eigenvalue weighted by atomic mass is 9.84. The minimum atomic E-state index is -2.22. The van der Waals surface area contributed by atoms with Crippen LogP contribution in [-0.2, 0) is 5.41 Å². The molecule has 1 aliphatic heterocycles. The van der Waals surface area contributed by atoms with Gasteiger partial charge in [0.2, 0.25) is 6.34 Å². The SMILES string of the molecule is [2H]C([2H])([2H])[N+]1=CN(c2cccc(Oc3ccc4c5ccccc5n(-c5cc(C(C)(C)C)ccn5)c4c3)c2)C2C3CC(c4ccccc43)C21. The van der Waals surface area contributed by atoms with E-state index in [1.165, 1.54) is 16.7 Å². The van der Waals surface area contributed by atoms with E-state index in [4.69, 9.17) is 13.8 Å². The molecule has 0 amide bonds. The third kappa shape index (κ3) is 3.99. The van der Waals surface area contributed by atoms with Crippen LogP contribution < -0.4 is 9.64 Å². The van der Waals surface area contributed by atoms with Gasteiger partial charge in [0.05, 0.1) is 22.1 Å². The molecular formula is C40H37N4O+. The normalized spacial score (nSPS) is 23.0. The lowest BCUT2D eigenvalue weighted by Gasteiger charge is -2.28. The Labute approximate surface area is 268 Å². The zero-order valence-corrected chi connectivity index (χ0v) is 25.7. The molecule has 1 saturated carbocycles. The first-order chi connectivity index (χ1) is 23.1. The van der Waals surface area contributed by atoms with Crippen molar-refractivity contribution in [1.29, 1.82) is 0 Å². The number of hydrogen-bond acceptors (Lipinski definition) is 3. The zero-order chi connectivity index (χ0) is 32.9. The van der Waals surface area contributed by atoms with Gasteiger partial charge in [0.15, 0.2) is 0 Å². The predicted octanol–water partition coefficient (Wildman–Crippen LogP) is 8.78. The molecule has 0 N–H and O–H groups in total. The number of pyridine rings is 1. The average Bonchev–Trinajstić information content (AvgIpc) is 3.82. The Morgan fingerprint density at radius 3 is 2.42 bits per heavy atom. The highest BCUT2D eigenvalue weighted by Gasteiger charge is 2.60. The summed E-state index contributed by atoms with van der Waals surface area (Å²) in [6.45, 7) is 4.43. The van der Waals surface area contributed by atoms with Crippen molar-refractivity contribution in [2.24, 2.45) is 0 Å². The molecule has 0 saturated heterocycles. The van der Waals surface area contributed by atoms with Gasteiger partial charge in [0.1, 0.15) is 35.1 Å². The van der Waals surface area contributed by atoms with Crippen molar-refractivity contribution in [3.8, 4) is 17.3 Å². The Hall–Kier alpha value is -4.90. The first kappa shape index (κ1) is 23.5. The number of nitrogens with zero attached hydrogens (tertiary/aromatic N) is 4. The molecule has 4 unspecified atom stereocenters. The third-order valence-electron chi connectivity index (χ3n) is 10.2. The second-order valence-electron chi connectivity index (χ2n) is 13.8. The highest BCUT2D eigenvalue weighted by molar-refractivity contribution is 6.09. The fourth-order valence-electron chi connectivity index (χ4n) is 8.19. The number of anilines is 1. The quantitative estimate of drug-likeness (QED) is 0.192. The maximum atomic E-state index is 8.39. The molecule has 45 heavy (non-hydrogen) atoms. The van der Waals surface area contributed by atoms with Crippen molar-refractivity contribution in [3.63, 3.8) is 0 Å². The van der Waals surface area contributed by atoms with Gasteiger partial charge in [-0.3, -0.25) is 9.14 Å². The van der Waals surface area contributed by atoms with Crippen molar-refractivity contribution in [1.82, 2.24) is 9.55 Å². The molecule has 5 heteroatoms. The number of para-hydroxylation sites is 1. The molecule has 3 heterocycles. The summed E-state index contributed by atoms with van der Waals surface area (Å²) >= 11 is 0. The highest BCUT2D eigenvalue weighted by atomic mass is 16.5. The summed E-state index contributed by atoms with van der Waals surface area (Å²) in [7, 11) is 0. The zero-order valence-electron chi connectivity index (χ0n) is 28.7. The summed E-state index contributed by atoms with van der Waals surface area (Å²) in [4.78, 5) is 6.99. The summed E-state index contributed by atoms with van der Waals surface area (Å²) in [6.07, 6.45) is 4.70. The standard InChI is InChI=1S/C40H37N4O/c1-40(2,3)25-18-19-41-37(20-25)44-35-15-8-7-14-31(35)32-17-16-28(22-36(32)44)45-27-11-9-10-26(21-27)43-24-42(4)38-33-23-34(39(38)43)30-13-6-5-12-29(30)33/h5-22,24,33-34,38-39H,23H2,1-4H3/q+1/i4D3. The molecular weight excluding hydrogens is 552 g/mol. The molecule has 1 fully saturated rings. The number of rotatable bonds is 4. The van der Waals surface area contributed by atoms with Crippen LogP contribution >= 0.6 is 0 Å². The maximum absolute atomic E-state index is 8.39. The molecule has 0 spiro atoms. The van der Waals surface area contributed by atoms with Gasteiger partial charge in [-0.25, -0.2) is 9.88 Å². The topological polar surface area (TPSA) is 33.3 Å². The van der Waals surface area contributed by atoms with Crippen LogP contribution in [0.5, 0.6) is 11.5 Å². The second-order valence-corrected chi connectivity index (χ2v) is 13.8. The second kappa shape index (κ2) is 9.55. The van der Waals surface area contributed by atoms with Crippen molar-refractivity contribution in [3.05, 3.63) is 126 Å². The van der Waals surface area contributed by atoms with Crippen LogP contribution in [0.25, 0.3) is 27.6 Å². The predicted molar refractivity (Wildman–Crippen MR) is 183 cm³/mol. The summed E-state index contributed by atoms with van der Waals surface area (Å²) in [5.74, 6) is 2.77. The largest absolute Gasteiger partial charge is 0.457 e. The van der Waals surface area contributed by atoms with Crippen molar-refractivity contribution in [2.75, 3.05) is 11.9 Å². The number of hydrogen-bond donors (Lipinski definition) is 0. The monoisotopic (exact) mass is 592 g/mol. The van der Waals surface area contributed by atoms with E-state index in [2.05, 4.69) is 109 Å². The molecule has 5 nitrogen and oxygen atoms in total. The number of ether oxygens (including phenoxy) is 1. The lowest BCUT2D eigenvalue weighted by molar-refractivity contribution is -0.528. The molecule has 2 aliphatic carbocycles. The van der Waals surface area contributed by atoms with Gasteiger partial charge < -0.3 is 4.74 Å². The molecule has 222 valence electrons. The molecule has 9 rings (SSSR count). The molecule has 4 aromatic carbocycles. The Morgan fingerprint density at radius 1 is 0.800 bits per heavy atom. The van der Waals surface area contributed by atoms with E-state index in [0.29, 0.717) is 5.75 Å². The Morgan fingerprint density at radius 2 is 1.58 bits per heavy atom. The van der Waals surface area contributed by atoms with Crippen molar-refractivity contribution in [2.45, 2.75) is 56.5 Å². The maximum Gasteiger partial charge on any atom is 0.239 e. The van der Waals surface area contributed by atoms with E-state index in [1.54, 1.807) is 4.58 Å². The van der Waals surface area contributed by atoms with Gasteiger partial charge in [-0.05, 0) is 71.0 Å². The molecule has 2 bridgehead atoms. The fraction of sp³-hybridized carbons (Fsp3) is 0.250. The minimum absolute atomic E-state index is 0.00945.